The summed E-state index contributed by atoms with van der Waals surface area (Å²) in [6.07, 6.45) is 12.0. The molecule has 0 unspecified atom stereocenters. The molecule has 0 atom stereocenters. The molecule has 1 aliphatic rings. The van der Waals surface area contributed by atoms with E-state index in [1.54, 1.807) is 18.1 Å². The number of thioether (sulfide) groups is 1. The van der Waals surface area contributed by atoms with Gasteiger partial charge in [-0.3, -0.25) is 5.10 Å². The number of H-pyrrole nitrogens is 1. The fourth-order valence-electron chi connectivity index (χ4n) is 3.55. The number of aromatic amines is 1. The maximum Gasteiger partial charge on any atom is 0.208 e. The van der Waals surface area contributed by atoms with Gasteiger partial charge in [0, 0.05) is 18.7 Å². The van der Waals surface area contributed by atoms with E-state index in [4.69, 9.17) is 5.73 Å². The maximum absolute atomic E-state index is 5.82. The highest BCUT2D eigenvalue weighted by atomic mass is 32.2. The largest absolute Gasteiger partial charge is 0.382 e. The van der Waals surface area contributed by atoms with E-state index in [1.165, 1.54) is 38.4 Å². The van der Waals surface area contributed by atoms with Crippen molar-refractivity contribution < 1.29 is 0 Å². The van der Waals surface area contributed by atoms with Crippen molar-refractivity contribution >= 4 is 28.7 Å². The first kappa shape index (κ1) is 17.3. The van der Waals surface area contributed by atoms with Crippen LogP contribution in [0.15, 0.2) is 17.8 Å². The summed E-state index contributed by atoms with van der Waals surface area (Å²) in [5.74, 6) is 3.28. The molecule has 1 fully saturated rings. The zero-order valence-electron chi connectivity index (χ0n) is 14.8. The fourth-order valence-corrected chi connectivity index (χ4v) is 4.30. The number of rotatable bonds is 8. The first-order valence-electron chi connectivity index (χ1n) is 9.25. The van der Waals surface area contributed by atoms with Crippen LogP contribution in [-0.2, 0) is 13.0 Å². The van der Waals surface area contributed by atoms with E-state index in [1.807, 2.05) is 4.57 Å². The monoisotopic (exact) mass is 372 g/mol. The first-order valence-corrected chi connectivity index (χ1v) is 10.2. The lowest BCUT2D eigenvalue weighted by atomic mass is 10.0. The highest BCUT2D eigenvalue weighted by molar-refractivity contribution is 7.99. The molecule has 1 saturated carbocycles. The summed E-state index contributed by atoms with van der Waals surface area (Å²) < 4.78 is 2.01. The van der Waals surface area contributed by atoms with E-state index in [2.05, 4.69) is 30.1 Å². The number of aromatic nitrogens is 7. The summed E-state index contributed by atoms with van der Waals surface area (Å²) in [6, 6.07) is 0. The molecule has 138 valence electrons. The molecular formula is C17H24N8S. The molecule has 1 aliphatic carbocycles. The van der Waals surface area contributed by atoms with Crippen molar-refractivity contribution in [2.45, 2.75) is 56.6 Å². The van der Waals surface area contributed by atoms with E-state index >= 15 is 0 Å². The van der Waals surface area contributed by atoms with Crippen molar-refractivity contribution in [3.05, 3.63) is 18.5 Å². The molecule has 0 bridgehead atoms. The van der Waals surface area contributed by atoms with Gasteiger partial charge in [-0.05, 0) is 18.8 Å². The van der Waals surface area contributed by atoms with Crippen LogP contribution in [-0.4, -0.2) is 40.5 Å². The maximum atomic E-state index is 5.82. The number of nitrogens with one attached hydrogen (secondary N) is 1. The average Bonchev–Trinajstić information content (AvgIpc) is 3.38. The smallest absolute Gasteiger partial charge is 0.208 e. The Morgan fingerprint density at radius 2 is 2.12 bits per heavy atom. The van der Waals surface area contributed by atoms with Gasteiger partial charge in [-0.1, -0.05) is 37.4 Å². The lowest BCUT2D eigenvalue weighted by molar-refractivity contribution is 0.497. The summed E-state index contributed by atoms with van der Waals surface area (Å²) in [5.41, 5.74) is 7.27. The molecule has 0 aliphatic heterocycles. The van der Waals surface area contributed by atoms with Gasteiger partial charge in [0.2, 0.25) is 5.16 Å². The van der Waals surface area contributed by atoms with Crippen molar-refractivity contribution in [2.75, 3.05) is 11.5 Å². The Labute approximate surface area is 156 Å². The third-order valence-corrected chi connectivity index (χ3v) is 5.91. The molecule has 4 rings (SSSR count). The summed E-state index contributed by atoms with van der Waals surface area (Å²) >= 11 is 1.69. The summed E-state index contributed by atoms with van der Waals surface area (Å²) in [6.45, 7) is 0.832. The highest BCUT2D eigenvalue weighted by Crippen LogP contribution is 2.28. The molecule has 3 aromatic heterocycles. The van der Waals surface area contributed by atoms with E-state index < -0.39 is 0 Å². The SMILES string of the molecule is Nc1ncnc2c1ncn2CCCSc1n[nH]c(CCC2CCCC2)n1. The van der Waals surface area contributed by atoms with Gasteiger partial charge in [-0.15, -0.1) is 5.10 Å². The van der Waals surface area contributed by atoms with Crippen LogP contribution >= 0.6 is 11.8 Å². The Morgan fingerprint density at radius 3 is 3.00 bits per heavy atom. The number of imidazole rings is 1. The van der Waals surface area contributed by atoms with Crippen LogP contribution in [0.25, 0.3) is 11.2 Å². The third-order valence-electron chi connectivity index (χ3n) is 4.98. The van der Waals surface area contributed by atoms with Gasteiger partial charge >= 0.3 is 0 Å². The molecule has 8 nitrogen and oxygen atoms in total. The number of hydrogen-bond donors (Lipinski definition) is 2. The van der Waals surface area contributed by atoms with Crippen molar-refractivity contribution in [3.63, 3.8) is 0 Å². The van der Waals surface area contributed by atoms with E-state index in [9.17, 15) is 0 Å². The summed E-state index contributed by atoms with van der Waals surface area (Å²) in [7, 11) is 0. The van der Waals surface area contributed by atoms with Crippen LogP contribution in [0.1, 0.15) is 44.3 Å². The molecule has 0 amide bonds. The van der Waals surface area contributed by atoms with Gasteiger partial charge in [0.25, 0.3) is 0 Å². The summed E-state index contributed by atoms with van der Waals surface area (Å²) in [4.78, 5) is 17.1. The van der Waals surface area contributed by atoms with E-state index in [0.29, 0.717) is 11.3 Å². The second-order valence-corrected chi connectivity index (χ2v) is 7.89. The average molecular weight is 373 g/mol. The number of anilines is 1. The zero-order chi connectivity index (χ0) is 17.8. The number of hydrogen-bond acceptors (Lipinski definition) is 7. The molecule has 3 aromatic rings. The van der Waals surface area contributed by atoms with E-state index in [0.717, 1.165) is 47.7 Å². The molecule has 3 heterocycles. The van der Waals surface area contributed by atoms with Crippen LogP contribution in [0.2, 0.25) is 0 Å². The molecule has 9 heteroatoms. The Hall–Kier alpha value is -2.16. The number of aryl methyl sites for hydroxylation is 2. The third kappa shape index (κ3) is 3.98. The van der Waals surface area contributed by atoms with Crippen LogP contribution in [0, 0.1) is 5.92 Å². The van der Waals surface area contributed by atoms with Crippen LogP contribution in [0.3, 0.4) is 0 Å². The minimum atomic E-state index is 0.425. The van der Waals surface area contributed by atoms with E-state index in [-0.39, 0.29) is 0 Å². The normalized spacial score (nSPS) is 15.2. The second kappa shape index (κ2) is 8.03. The standard InChI is InChI=1S/C17H24N8S/c18-15-14-16(20-10-19-15)25(11-21-14)8-3-9-26-17-22-13(23-24-17)7-6-12-4-1-2-5-12/h10-12H,1-9H2,(H2,18,19,20)(H,22,23,24). The van der Waals surface area contributed by atoms with Gasteiger partial charge in [0.05, 0.1) is 6.33 Å². The molecule has 0 saturated heterocycles. The van der Waals surface area contributed by atoms with Gasteiger partial charge in [-0.2, -0.15) is 0 Å². The van der Waals surface area contributed by atoms with Gasteiger partial charge in [-0.25, -0.2) is 19.9 Å². The van der Waals surface area contributed by atoms with Crippen molar-refractivity contribution in [2.24, 2.45) is 5.92 Å². The lowest BCUT2D eigenvalue weighted by Crippen LogP contribution is -2.00. The Morgan fingerprint density at radius 1 is 1.23 bits per heavy atom. The topological polar surface area (TPSA) is 111 Å². The highest BCUT2D eigenvalue weighted by Gasteiger charge is 2.15. The lowest BCUT2D eigenvalue weighted by Gasteiger charge is -2.05. The Balaban J connectivity index is 1.22. The van der Waals surface area contributed by atoms with Gasteiger partial charge in [0.1, 0.15) is 17.7 Å². The molecule has 0 aromatic carbocycles. The number of nitrogens with zero attached hydrogens (tertiary/aromatic N) is 6. The second-order valence-electron chi connectivity index (χ2n) is 6.82. The number of nitrogen functional groups attached to an aromatic ring is 1. The van der Waals surface area contributed by atoms with Crippen molar-refractivity contribution in [3.8, 4) is 0 Å². The minimum absolute atomic E-state index is 0.425. The predicted molar refractivity (Wildman–Crippen MR) is 102 cm³/mol. The Kier molecular flexibility index (Phi) is 5.33. The molecule has 0 radical (unpaired) electrons. The number of fused-ring (bicyclic) bond motifs is 1. The quantitative estimate of drug-likeness (QED) is 0.462. The molecular weight excluding hydrogens is 348 g/mol. The van der Waals surface area contributed by atoms with Crippen molar-refractivity contribution in [1.29, 1.82) is 0 Å². The zero-order valence-corrected chi connectivity index (χ0v) is 15.6. The molecule has 26 heavy (non-hydrogen) atoms. The first-order chi connectivity index (χ1) is 12.8. The molecule has 0 spiro atoms. The van der Waals surface area contributed by atoms with Crippen LogP contribution in [0.4, 0.5) is 5.82 Å². The summed E-state index contributed by atoms with van der Waals surface area (Å²) in [5, 5.41) is 8.26. The predicted octanol–water partition coefficient (Wildman–Crippen LogP) is 2.83. The minimum Gasteiger partial charge on any atom is -0.382 e. The van der Waals surface area contributed by atoms with Crippen molar-refractivity contribution in [1.82, 2.24) is 34.7 Å². The fraction of sp³-hybridized carbons (Fsp3) is 0.588. The van der Waals surface area contributed by atoms with Gasteiger partial charge < -0.3 is 10.3 Å². The number of nitrogens with two attached hydrogens (primary N) is 1. The van der Waals surface area contributed by atoms with Gasteiger partial charge in [0.15, 0.2) is 11.5 Å². The molecule has 3 N–H and O–H groups in total. The van der Waals surface area contributed by atoms with Crippen LogP contribution < -0.4 is 5.73 Å². The van der Waals surface area contributed by atoms with Crippen LogP contribution in [0.5, 0.6) is 0 Å². The Bertz CT molecular complexity index is 851.